The standard InChI is InChI=1S/C67H119NO10/c1-4-7-10-13-16-19-22-25-27-28-29-30-31-32-33-35-36-39-42-45-48-51-54-60(71)66(75)68-58(59(70)53-50-47-44-41-38-24-21-18-15-12-9-6-3)57-76-67-65(64(74)63(73)61(56-69)77-67)78-62(72)55-52-49-46-43-40-37-34-26-23-20-17-14-11-8-5-2/h8,11,14,16-17,19-20,23,25,27,50,53,58-61,63-65,67,69-71,73-74H,4-7,9-10,12-13,15,18,21-22,24,26,28-49,51-52,54-57H2,1-3H3,(H,68,75)/b11-8+,17-14+,19-16-,23-20+,27-25-,53-50+. The molecule has 1 fully saturated rings. The van der Waals surface area contributed by atoms with Gasteiger partial charge in [-0.2, -0.15) is 0 Å². The average molecular weight is 1100 g/mol. The van der Waals surface area contributed by atoms with Crippen molar-refractivity contribution in [3.63, 3.8) is 0 Å². The normalized spacial score (nSPS) is 19.4. The molecule has 1 rings (SSSR count). The molecule has 8 unspecified atom stereocenters. The molecule has 6 N–H and O–H groups in total. The minimum atomic E-state index is -1.62. The summed E-state index contributed by atoms with van der Waals surface area (Å²) in [6.07, 6.45) is 59.4. The number of amides is 1. The molecule has 1 aliphatic heterocycles. The number of hydrogen-bond donors (Lipinski definition) is 6. The van der Waals surface area contributed by atoms with E-state index in [4.69, 9.17) is 14.2 Å². The fourth-order valence-corrected chi connectivity index (χ4v) is 9.80. The van der Waals surface area contributed by atoms with Crippen LogP contribution in [0.5, 0.6) is 0 Å². The van der Waals surface area contributed by atoms with Crippen LogP contribution in [0.1, 0.15) is 278 Å². The molecule has 0 saturated carbocycles. The van der Waals surface area contributed by atoms with Gasteiger partial charge in [-0.05, 0) is 77.0 Å². The maximum atomic E-state index is 13.4. The number of aliphatic hydroxyl groups excluding tert-OH is 5. The minimum absolute atomic E-state index is 0.108. The molecular formula is C67H119NO10. The Morgan fingerprint density at radius 1 is 0.526 bits per heavy atom. The minimum Gasteiger partial charge on any atom is -0.454 e. The van der Waals surface area contributed by atoms with Crippen molar-refractivity contribution in [2.45, 2.75) is 327 Å². The smallest absolute Gasteiger partial charge is 0.306 e. The van der Waals surface area contributed by atoms with Gasteiger partial charge in [-0.15, -0.1) is 0 Å². The molecule has 1 saturated heterocycles. The molecule has 1 aliphatic rings. The molecule has 0 radical (unpaired) electrons. The molecule has 1 heterocycles. The van der Waals surface area contributed by atoms with Gasteiger partial charge in [0.05, 0.1) is 25.4 Å². The Balaban J connectivity index is 2.64. The number of ether oxygens (including phenoxy) is 3. The van der Waals surface area contributed by atoms with E-state index < -0.39 is 67.4 Å². The van der Waals surface area contributed by atoms with E-state index in [1.807, 2.05) is 12.2 Å². The van der Waals surface area contributed by atoms with E-state index in [2.05, 4.69) is 80.8 Å². The van der Waals surface area contributed by atoms with Gasteiger partial charge < -0.3 is 45.1 Å². The van der Waals surface area contributed by atoms with Gasteiger partial charge in [-0.25, -0.2) is 0 Å². The topological polar surface area (TPSA) is 175 Å². The summed E-state index contributed by atoms with van der Waals surface area (Å²) >= 11 is 0. The van der Waals surface area contributed by atoms with Crippen molar-refractivity contribution in [3.05, 3.63) is 72.9 Å². The summed E-state index contributed by atoms with van der Waals surface area (Å²) in [6.45, 7) is 5.64. The van der Waals surface area contributed by atoms with E-state index in [9.17, 15) is 35.1 Å². The largest absolute Gasteiger partial charge is 0.454 e. The van der Waals surface area contributed by atoms with Crippen LogP contribution in [0.25, 0.3) is 0 Å². The summed E-state index contributed by atoms with van der Waals surface area (Å²) in [5, 5.41) is 57.0. The van der Waals surface area contributed by atoms with Crippen molar-refractivity contribution in [1.29, 1.82) is 0 Å². The number of esters is 1. The van der Waals surface area contributed by atoms with Gasteiger partial charge in [-0.3, -0.25) is 9.59 Å². The highest BCUT2D eigenvalue weighted by molar-refractivity contribution is 5.80. The number of hydrogen-bond acceptors (Lipinski definition) is 10. The fourth-order valence-electron chi connectivity index (χ4n) is 9.80. The maximum Gasteiger partial charge on any atom is 0.306 e. The number of allylic oxidation sites excluding steroid dienone is 11. The Kier molecular flexibility index (Phi) is 51.3. The molecule has 452 valence electrons. The molecule has 0 aromatic heterocycles. The van der Waals surface area contributed by atoms with Gasteiger partial charge >= 0.3 is 5.97 Å². The van der Waals surface area contributed by atoms with Gasteiger partial charge in [0.25, 0.3) is 0 Å². The second-order valence-electron chi connectivity index (χ2n) is 22.2. The van der Waals surface area contributed by atoms with Crippen molar-refractivity contribution in [2.24, 2.45) is 0 Å². The molecule has 78 heavy (non-hydrogen) atoms. The van der Waals surface area contributed by atoms with E-state index in [-0.39, 0.29) is 19.4 Å². The Morgan fingerprint density at radius 2 is 0.974 bits per heavy atom. The number of unbranched alkanes of at least 4 members (excludes halogenated alkanes) is 32. The van der Waals surface area contributed by atoms with Gasteiger partial charge in [0.1, 0.15) is 24.4 Å². The molecule has 0 bridgehead atoms. The molecule has 0 aliphatic carbocycles. The molecule has 8 atom stereocenters. The van der Waals surface area contributed by atoms with Crippen LogP contribution in [0.2, 0.25) is 0 Å². The molecule has 1 amide bonds. The van der Waals surface area contributed by atoms with Crippen molar-refractivity contribution in [1.82, 2.24) is 5.32 Å². The molecular weight excluding hydrogens is 979 g/mol. The molecule has 0 spiro atoms. The Labute approximate surface area is 477 Å². The third-order valence-corrected chi connectivity index (χ3v) is 14.9. The van der Waals surface area contributed by atoms with Gasteiger partial charge in [0.15, 0.2) is 12.4 Å². The van der Waals surface area contributed by atoms with E-state index in [1.54, 1.807) is 6.08 Å². The highest BCUT2D eigenvalue weighted by Crippen LogP contribution is 2.26. The molecule has 0 aromatic rings. The van der Waals surface area contributed by atoms with Crippen LogP contribution >= 0.6 is 0 Å². The van der Waals surface area contributed by atoms with Crippen LogP contribution in [0.4, 0.5) is 0 Å². The second kappa shape index (κ2) is 54.7. The predicted molar refractivity (Wildman–Crippen MR) is 324 cm³/mol. The number of carbonyl (C=O) groups excluding carboxylic acids is 2. The maximum absolute atomic E-state index is 13.4. The lowest BCUT2D eigenvalue weighted by molar-refractivity contribution is -0.305. The zero-order valence-electron chi connectivity index (χ0n) is 50.0. The first-order chi connectivity index (χ1) is 38.2. The highest BCUT2D eigenvalue weighted by atomic mass is 16.7. The summed E-state index contributed by atoms with van der Waals surface area (Å²) in [5.74, 6) is -1.21. The Hall–Kier alpha value is -2.90. The van der Waals surface area contributed by atoms with Crippen LogP contribution in [0.3, 0.4) is 0 Å². The Morgan fingerprint density at radius 3 is 1.50 bits per heavy atom. The average Bonchev–Trinajstić information content (AvgIpc) is 3.45. The number of aliphatic hydroxyl groups is 5. The van der Waals surface area contributed by atoms with Gasteiger partial charge in [0, 0.05) is 6.42 Å². The number of carbonyl (C=O) groups is 2. The predicted octanol–water partition coefficient (Wildman–Crippen LogP) is 15.6. The van der Waals surface area contributed by atoms with Crippen LogP contribution in [-0.2, 0) is 23.8 Å². The quantitative estimate of drug-likeness (QED) is 0.0149. The lowest BCUT2D eigenvalue weighted by atomic mass is 9.99. The zero-order chi connectivity index (χ0) is 56.8. The first-order valence-corrected chi connectivity index (χ1v) is 32.2. The van der Waals surface area contributed by atoms with Crippen molar-refractivity contribution in [3.8, 4) is 0 Å². The summed E-state index contributed by atoms with van der Waals surface area (Å²) < 4.78 is 17.6. The summed E-state index contributed by atoms with van der Waals surface area (Å²) in [4.78, 5) is 26.6. The van der Waals surface area contributed by atoms with Crippen molar-refractivity contribution < 1.29 is 49.3 Å². The van der Waals surface area contributed by atoms with E-state index in [0.717, 1.165) is 96.3 Å². The third-order valence-electron chi connectivity index (χ3n) is 14.9. The van der Waals surface area contributed by atoms with E-state index in [1.165, 1.54) is 135 Å². The Bertz CT molecular complexity index is 1540. The SMILES string of the molecule is CC/C=C/C=C/C=C/CCCCCCCCCC(=O)OC1C(OCC(NC(=O)C(O)CCCCCCCCCCCCCC/C=C\C/C=C\CCCCC)C(O)/C=C/CCCCCCCCCCCC)OC(CO)C(O)C1O. The first kappa shape index (κ1) is 73.1. The van der Waals surface area contributed by atoms with Crippen molar-refractivity contribution >= 4 is 11.9 Å². The highest BCUT2D eigenvalue weighted by Gasteiger charge is 2.47. The molecule has 11 heteroatoms. The molecule has 0 aromatic carbocycles. The van der Waals surface area contributed by atoms with Crippen LogP contribution < -0.4 is 5.32 Å². The third kappa shape index (κ3) is 42.0. The van der Waals surface area contributed by atoms with Crippen LogP contribution in [0.15, 0.2) is 72.9 Å². The monoisotopic (exact) mass is 1100 g/mol. The van der Waals surface area contributed by atoms with Crippen LogP contribution in [0, 0.1) is 0 Å². The molecule has 11 nitrogen and oxygen atoms in total. The van der Waals surface area contributed by atoms with Gasteiger partial charge in [0.2, 0.25) is 5.91 Å². The second-order valence-corrected chi connectivity index (χ2v) is 22.2. The van der Waals surface area contributed by atoms with E-state index in [0.29, 0.717) is 12.8 Å². The number of nitrogens with one attached hydrogen (secondary N) is 1. The lowest BCUT2D eigenvalue weighted by Crippen LogP contribution is -2.61. The van der Waals surface area contributed by atoms with Gasteiger partial charge in [-0.1, -0.05) is 267 Å². The van der Waals surface area contributed by atoms with Crippen molar-refractivity contribution in [2.75, 3.05) is 13.2 Å². The fraction of sp³-hybridized carbons (Fsp3) is 0.791. The number of rotatable bonds is 54. The summed E-state index contributed by atoms with van der Waals surface area (Å²) in [5.41, 5.74) is 0. The van der Waals surface area contributed by atoms with E-state index >= 15 is 0 Å². The first-order valence-electron chi connectivity index (χ1n) is 32.2. The lowest BCUT2D eigenvalue weighted by Gasteiger charge is -2.41. The summed E-state index contributed by atoms with van der Waals surface area (Å²) in [6, 6.07) is -1.03. The summed E-state index contributed by atoms with van der Waals surface area (Å²) in [7, 11) is 0. The van der Waals surface area contributed by atoms with Crippen LogP contribution in [-0.4, -0.2) is 99.6 Å². The zero-order valence-corrected chi connectivity index (χ0v) is 50.0.